The zero-order chi connectivity index (χ0) is 20.9. The van der Waals surface area contributed by atoms with Crippen molar-refractivity contribution in [1.82, 2.24) is 20.5 Å². The molecule has 3 rings (SSSR count). The molecule has 5 nitrogen and oxygen atoms in total. The van der Waals surface area contributed by atoms with Gasteiger partial charge in [-0.05, 0) is 43.6 Å². The van der Waals surface area contributed by atoms with Gasteiger partial charge in [0, 0.05) is 24.0 Å². The maximum atomic E-state index is 12.7. The molecular formula is C19H23ClF3N5S. The number of rotatable bonds is 6. The molecule has 0 spiro atoms. The van der Waals surface area contributed by atoms with E-state index in [1.54, 1.807) is 7.05 Å². The molecule has 29 heavy (non-hydrogen) atoms. The lowest BCUT2D eigenvalue weighted by Gasteiger charge is -2.29. The van der Waals surface area contributed by atoms with Gasteiger partial charge in [0.1, 0.15) is 5.01 Å². The topological polar surface area (TPSA) is 52.6 Å². The van der Waals surface area contributed by atoms with Gasteiger partial charge >= 0.3 is 6.18 Å². The molecule has 1 fully saturated rings. The van der Waals surface area contributed by atoms with E-state index in [4.69, 9.17) is 11.6 Å². The number of aliphatic imine (C=N–C) groups is 1. The Labute approximate surface area is 177 Å². The summed E-state index contributed by atoms with van der Waals surface area (Å²) >= 11 is 7.15. The van der Waals surface area contributed by atoms with Gasteiger partial charge in [-0.1, -0.05) is 23.7 Å². The smallest absolute Gasteiger partial charge is 0.354 e. The van der Waals surface area contributed by atoms with Crippen LogP contribution in [0.5, 0.6) is 0 Å². The van der Waals surface area contributed by atoms with Crippen molar-refractivity contribution in [2.24, 2.45) is 4.99 Å². The molecule has 1 aliphatic rings. The molecular weight excluding hydrogens is 423 g/mol. The third-order valence-electron chi connectivity index (χ3n) is 4.75. The summed E-state index contributed by atoms with van der Waals surface area (Å²) in [6, 6.07) is 7.95. The SMILES string of the molecule is CN=C(NCc1nc(C(F)(F)F)cs1)NCC(c1cccc(Cl)c1)N1CCCC1. The van der Waals surface area contributed by atoms with E-state index >= 15 is 0 Å². The molecule has 1 aliphatic heterocycles. The second-order valence-corrected chi connectivity index (χ2v) is 8.12. The zero-order valence-electron chi connectivity index (χ0n) is 16.0. The first-order chi connectivity index (χ1) is 13.9. The average Bonchev–Trinajstić information content (AvgIpc) is 3.36. The molecule has 1 atom stereocenters. The van der Waals surface area contributed by atoms with Crippen molar-refractivity contribution in [3.05, 3.63) is 50.9 Å². The van der Waals surface area contributed by atoms with Crippen LogP contribution < -0.4 is 10.6 Å². The fourth-order valence-electron chi connectivity index (χ4n) is 3.32. The molecule has 0 aliphatic carbocycles. The maximum Gasteiger partial charge on any atom is 0.434 e. The van der Waals surface area contributed by atoms with E-state index in [-0.39, 0.29) is 12.6 Å². The minimum Gasteiger partial charge on any atom is -0.354 e. The van der Waals surface area contributed by atoms with Gasteiger partial charge in [0.15, 0.2) is 11.7 Å². The van der Waals surface area contributed by atoms with E-state index in [0.29, 0.717) is 22.5 Å². The van der Waals surface area contributed by atoms with E-state index in [2.05, 4.69) is 31.6 Å². The number of halogens is 4. The largest absolute Gasteiger partial charge is 0.434 e. The fourth-order valence-corrected chi connectivity index (χ4v) is 4.26. The number of hydrogen-bond acceptors (Lipinski definition) is 4. The number of likely N-dealkylation sites (tertiary alicyclic amines) is 1. The summed E-state index contributed by atoms with van der Waals surface area (Å²) in [5.41, 5.74) is 0.259. The number of benzene rings is 1. The lowest BCUT2D eigenvalue weighted by atomic mass is 10.1. The van der Waals surface area contributed by atoms with Crippen LogP contribution in [0.2, 0.25) is 5.02 Å². The van der Waals surface area contributed by atoms with Gasteiger partial charge < -0.3 is 10.6 Å². The fraction of sp³-hybridized carbons (Fsp3) is 0.474. The van der Waals surface area contributed by atoms with Crippen LogP contribution in [0.3, 0.4) is 0 Å². The second kappa shape index (κ2) is 9.77. The Balaban J connectivity index is 1.60. The Bertz CT molecular complexity index is 833. The zero-order valence-corrected chi connectivity index (χ0v) is 17.5. The van der Waals surface area contributed by atoms with Crippen molar-refractivity contribution in [3.8, 4) is 0 Å². The molecule has 1 aromatic carbocycles. The van der Waals surface area contributed by atoms with Crippen LogP contribution in [0, 0.1) is 0 Å². The molecule has 0 radical (unpaired) electrons. The molecule has 0 saturated carbocycles. The van der Waals surface area contributed by atoms with Gasteiger partial charge in [0.05, 0.1) is 12.6 Å². The Morgan fingerprint density at radius 1 is 1.31 bits per heavy atom. The van der Waals surface area contributed by atoms with E-state index in [1.807, 2.05) is 18.2 Å². The third kappa shape index (κ3) is 6.07. The highest BCUT2D eigenvalue weighted by molar-refractivity contribution is 7.09. The van der Waals surface area contributed by atoms with Gasteiger partial charge in [-0.2, -0.15) is 13.2 Å². The first-order valence-electron chi connectivity index (χ1n) is 9.32. The van der Waals surface area contributed by atoms with Gasteiger partial charge in [-0.25, -0.2) is 4.98 Å². The molecule has 2 N–H and O–H groups in total. The maximum absolute atomic E-state index is 12.7. The Morgan fingerprint density at radius 3 is 2.69 bits per heavy atom. The first kappa shape index (κ1) is 21.9. The molecule has 2 aromatic rings. The van der Waals surface area contributed by atoms with Crippen LogP contribution in [0.4, 0.5) is 13.2 Å². The molecule has 158 valence electrons. The summed E-state index contributed by atoms with van der Waals surface area (Å²) in [6.45, 7) is 2.81. The van der Waals surface area contributed by atoms with Crippen molar-refractivity contribution in [2.75, 3.05) is 26.7 Å². The Morgan fingerprint density at radius 2 is 2.07 bits per heavy atom. The second-order valence-electron chi connectivity index (χ2n) is 6.74. The summed E-state index contributed by atoms with van der Waals surface area (Å²) in [5, 5.41) is 8.38. The highest BCUT2D eigenvalue weighted by atomic mass is 35.5. The molecule has 2 heterocycles. The molecule has 1 saturated heterocycles. The van der Waals surface area contributed by atoms with E-state index in [9.17, 15) is 13.2 Å². The Kier molecular flexibility index (Phi) is 7.37. The van der Waals surface area contributed by atoms with Crippen LogP contribution in [0.1, 0.15) is 35.1 Å². The summed E-state index contributed by atoms with van der Waals surface area (Å²) in [4.78, 5) is 10.2. The number of thiazole rings is 1. The normalized spacial score (nSPS) is 16.8. The first-order valence-corrected chi connectivity index (χ1v) is 10.6. The number of aromatic nitrogens is 1. The monoisotopic (exact) mass is 445 g/mol. The third-order valence-corrected chi connectivity index (χ3v) is 5.83. The molecule has 0 amide bonds. The summed E-state index contributed by atoms with van der Waals surface area (Å²) < 4.78 is 38.1. The van der Waals surface area contributed by atoms with Crippen LogP contribution in [0.25, 0.3) is 0 Å². The lowest BCUT2D eigenvalue weighted by molar-refractivity contribution is -0.140. The number of alkyl halides is 3. The molecule has 1 unspecified atom stereocenters. The van der Waals surface area contributed by atoms with Crippen LogP contribution >= 0.6 is 22.9 Å². The predicted molar refractivity (Wildman–Crippen MR) is 110 cm³/mol. The van der Waals surface area contributed by atoms with E-state index in [0.717, 1.165) is 48.2 Å². The predicted octanol–water partition coefficient (Wildman–Crippen LogP) is 4.32. The number of guanidine groups is 1. The van der Waals surface area contributed by atoms with Gasteiger partial charge in [0.2, 0.25) is 0 Å². The minimum atomic E-state index is -4.42. The van der Waals surface area contributed by atoms with E-state index in [1.165, 1.54) is 0 Å². The summed E-state index contributed by atoms with van der Waals surface area (Å²) in [5.74, 6) is 0.514. The van der Waals surface area contributed by atoms with Gasteiger partial charge in [-0.15, -0.1) is 11.3 Å². The minimum absolute atomic E-state index is 0.131. The number of hydrogen-bond donors (Lipinski definition) is 2. The number of nitrogens with one attached hydrogen (secondary N) is 2. The molecule has 10 heteroatoms. The number of nitrogens with zero attached hydrogens (tertiary/aromatic N) is 3. The van der Waals surface area contributed by atoms with Crippen LogP contribution in [-0.4, -0.2) is 42.5 Å². The standard InChI is InChI=1S/C19H23ClF3N5S/c1-24-18(26-11-17-27-16(12-29-17)19(21,22)23)25-10-15(28-7-2-3-8-28)13-5-4-6-14(20)9-13/h4-6,9,12,15H,2-3,7-8,10-11H2,1H3,(H2,24,25,26). The average molecular weight is 446 g/mol. The molecule has 1 aromatic heterocycles. The highest BCUT2D eigenvalue weighted by Gasteiger charge is 2.33. The highest BCUT2D eigenvalue weighted by Crippen LogP contribution is 2.30. The van der Waals surface area contributed by atoms with Crippen molar-refractivity contribution >= 4 is 28.9 Å². The summed E-state index contributed by atoms with van der Waals surface area (Å²) in [7, 11) is 1.63. The summed E-state index contributed by atoms with van der Waals surface area (Å²) in [6.07, 6.45) is -2.10. The van der Waals surface area contributed by atoms with Crippen molar-refractivity contribution in [3.63, 3.8) is 0 Å². The lowest BCUT2D eigenvalue weighted by Crippen LogP contribution is -2.42. The van der Waals surface area contributed by atoms with Crippen molar-refractivity contribution < 1.29 is 13.2 Å². The quantitative estimate of drug-likeness (QED) is 0.513. The van der Waals surface area contributed by atoms with Gasteiger partial charge in [0.25, 0.3) is 0 Å². The van der Waals surface area contributed by atoms with Crippen LogP contribution in [0.15, 0.2) is 34.6 Å². The van der Waals surface area contributed by atoms with Crippen LogP contribution in [-0.2, 0) is 12.7 Å². The van der Waals surface area contributed by atoms with E-state index < -0.39 is 11.9 Å². The van der Waals surface area contributed by atoms with Crippen molar-refractivity contribution in [1.29, 1.82) is 0 Å². The molecule has 0 bridgehead atoms. The van der Waals surface area contributed by atoms with Crippen molar-refractivity contribution in [2.45, 2.75) is 31.6 Å². The Hall–Kier alpha value is -1.84. The van der Waals surface area contributed by atoms with Gasteiger partial charge in [-0.3, -0.25) is 9.89 Å².